The topological polar surface area (TPSA) is 56.7 Å². The van der Waals surface area contributed by atoms with Crippen molar-refractivity contribution in [2.45, 2.75) is 81.8 Å². The molecule has 0 aromatic carbocycles. The number of rotatable bonds is 4. The predicted octanol–water partition coefficient (Wildman–Crippen LogP) is 2.58. The van der Waals surface area contributed by atoms with Gasteiger partial charge in [0.15, 0.2) is 0 Å². The summed E-state index contributed by atoms with van der Waals surface area (Å²) in [5.74, 6) is 1.42. The first kappa shape index (κ1) is 17.6. The van der Waals surface area contributed by atoms with Gasteiger partial charge in [0.05, 0.1) is 6.34 Å². The summed E-state index contributed by atoms with van der Waals surface area (Å²) in [5.41, 5.74) is 0. The van der Waals surface area contributed by atoms with Crippen LogP contribution >= 0.6 is 12.6 Å². The van der Waals surface area contributed by atoms with Crippen LogP contribution in [0, 0.1) is 17.8 Å². The zero-order chi connectivity index (χ0) is 16.2. The van der Waals surface area contributed by atoms with E-state index in [0.29, 0.717) is 41.7 Å². The first-order valence-corrected chi connectivity index (χ1v) is 10.0. The van der Waals surface area contributed by atoms with Gasteiger partial charge in [-0.25, -0.2) is 0 Å². The van der Waals surface area contributed by atoms with Crippen LogP contribution in [-0.2, 0) is 0 Å². The maximum Gasteiger partial charge on any atom is 0.106 e. The van der Waals surface area contributed by atoms with Crippen molar-refractivity contribution >= 4 is 19.0 Å². The molecule has 3 N–H and O–H groups in total. The largest absolute Gasteiger partial charge is 0.396 e. The van der Waals surface area contributed by atoms with Gasteiger partial charge in [-0.3, -0.25) is 10.3 Å². The number of hydrogen-bond donors (Lipinski definition) is 4. The maximum absolute atomic E-state index is 9.60. The van der Waals surface area contributed by atoms with Crippen LogP contribution in [0.3, 0.4) is 0 Å². The molecule has 5 heteroatoms. The van der Waals surface area contributed by atoms with Crippen LogP contribution in [0.5, 0.6) is 0 Å². The zero-order valence-electron chi connectivity index (χ0n) is 14.3. The number of hydrogen-bond acceptors (Lipinski definition) is 5. The number of aliphatic imine (C=N–C) groups is 1. The van der Waals surface area contributed by atoms with Crippen LogP contribution in [0.15, 0.2) is 4.99 Å². The molecule has 0 amide bonds. The minimum Gasteiger partial charge on any atom is -0.396 e. The third-order valence-electron chi connectivity index (χ3n) is 6.25. The number of nitrogens with zero attached hydrogens (tertiary/aromatic N) is 1. The fourth-order valence-electron chi connectivity index (χ4n) is 4.85. The molecule has 23 heavy (non-hydrogen) atoms. The van der Waals surface area contributed by atoms with Crippen LogP contribution < -0.4 is 10.6 Å². The molecule has 0 saturated heterocycles. The Morgan fingerprint density at radius 3 is 2.74 bits per heavy atom. The minimum absolute atomic E-state index is 0.200. The Kier molecular flexibility index (Phi) is 6.27. The van der Waals surface area contributed by atoms with E-state index in [2.05, 4.69) is 17.6 Å². The Morgan fingerprint density at radius 1 is 1.22 bits per heavy atom. The Balaban J connectivity index is 1.71. The standard InChI is InChI=1S/C18H33N3OS/c1-12-17(15-9-13(10-22)7-8-16(15)23)18(20-11-19-12)21-14-5-3-2-4-6-14/h11-18,21-23H,2-10H2,1H3,(H,19,20)/t12?,13-,15+,16?,17?,18?/m0/s1. The van der Waals surface area contributed by atoms with Crippen LogP contribution in [-0.4, -0.2) is 41.6 Å². The van der Waals surface area contributed by atoms with Crippen molar-refractivity contribution in [3.8, 4) is 0 Å². The minimum atomic E-state index is 0.200. The van der Waals surface area contributed by atoms with Crippen LogP contribution in [0.2, 0.25) is 0 Å². The molecular formula is C18H33N3OS. The molecular weight excluding hydrogens is 306 g/mol. The molecule has 0 aromatic heterocycles. The van der Waals surface area contributed by atoms with Crippen molar-refractivity contribution in [1.82, 2.24) is 10.6 Å². The second-order valence-electron chi connectivity index (χ2n) is 7.85. The third kappa shape index (κ3) is 4.23. The first-order chi connectivity index (χ1) is 11.2. The average Bonchev–Trinajstić information content (AvgIpc) is 2.57. The lowest BCUT2D eigenvalue weighted by molar-refractivity contribution is 0.100. The monoisotopic (exact) mass is 339 g/mol. The van der Waals surface area contributed by atoms with Gasteiger partial charge >= 0.3 is 0 Å². The van der Waals surface area contributed by atoms with Crippen molar-refractivity contribution in [2.24, 2.45) is 22.7 Å². The Hall–Kier alpha value is -0.260. The Bertz CT molecular complexity index is 400. The van der Waals surface area contributed by atoms with Crippen LogP contribution in [0.1, 0.15) is 58.3 Å². The molecule has 4 unspecified atom stereocenters. The molecule has 1 heterocycles. The van der Waals surface area contributed by atoms with E-state index in [1.54, 1.807) is 0 Å². The van der Waals surface area contributed by atoms with E-state index in [1.165, 1.54) is 32.1 Å². The first-order valence-electron chi connectivity index (χ1n) is 9.51. The van der Waals surface area contributed by atoms with E-state index in [1.807, 2.05) is 6.34 Å². The smallest absolute Gasteiger partial charge is 0.106 e. The molecule has 3 rings (SSSR count). The molecule has 6 atom stereocenters. The summed E-state index contributed by atoms with van der Waals surface area (Å²) < 4.78 is 0. The van der Waals surface area contributed by atoms with Gasteiger partial charge in [0.25, 0.3) is 0 Å². The van der Waals surface area contributed by atoms with E-state index < -0.39 is 0 Å². The predicted molar refractivity (Wildman–Crippen MR) is 99.1 cm³/mol. The molecule has 2 aliphatic carbocycles. The highest BCUT2D eigenvalue weighted by molar-refractivity contribution is 7.81. The normalized spacial score (nSPS) is 42.4. The van der Waals surface area contributed by atoms with E-state index >= 15 is 0 Å². The molecule has 132 valence electrons. The summed E-state index contributed by atoms with van der Waals surface area (Å²) in [7, 11) is 0. The van der Waals surface area contributed by atoms with E-state index in [0.717, 1.165) is 19.3 Å². The van der Waals surface area contributed by atoms with Gasteiger partial charge in [-0.2, -0.15) is 12.6 Å². The van der Waals surface area contributed by atoms with E-state index in [9.17, 15) is 5.11 Å². The second kappa shape index (κ2) is 8.21. The van der Waals surface area contributed by atoms with Crippen molar-refractivity contribution in [3.63, 3.8) is 0 Å². The molecule has 0 aromatic rings. The number of aliphatic hydroxyl groups is 1. The molecule has 3 aliphatic rings. The van der Waals surface area contributed by atoms with Crippen molar-refractivity contribution in [2.75, 3.05) is 6.61 Å². The molecule has 1 aliphatic heterocycles. The van der Waals surface area contributed by atoms with E-state index in [-0.39, 0.29) is 6.17 Å². The van der Waals surface area contributed by atoms with Crippen molar-refractivity contribution in [3.05, 3.63) is 0 Å². The fourth-order valence-corrected chi connectivity index (χ4v) is 5.32. The van der Waals surface area contributed by atoms with Crippen molar-refractivity contribution in [1.29, 1.82) is 0 Å². The molecule has 2 fully saturated rings. The second-order valence-corrected chi connectivity index (χ2v) is 8.51. The SMILES string of the molecule is CC1NC=NC(NC2CCCCC2)C1[C@@H]1C[C@@H](CO)CCC1S. The number of aliphatic hydroxyl groups excluding tert-OH is 1. The highest BCUT2D eigenvalue weighted by Crippen LogP contribution is 2.40. The average molecular weight is 340 g/mol. The summed E-state index contributed by atoms with van der Waals surface area (Å²) in [6.07, 6.45) is 12.0. The summed E-state index contributed by atoms with van der Waals surface area (Å²) in [5, 5.41) is 17.3. The van der Waals surface area contributed by atoms with Gasteiger partial charge in [-0.15, -0.1) is 0 Å². The highest BCUT2D eigenvalue weighted by atomic mass is 32.1. The molecule has 0 radical (unpaired) electrons. The molecule has 0 bridgehead atoms. The summed E-state index contributed by atoms with van der Waals surface area (Å²) >= 11 is 4.90. The van der Waals surface area contributed by atoms with Gasteiger partial charge in [-0.1, -0.05) is 19.3 Å². The van der Waals surface area contributed by atoms with Crippen LogP contribution in [0.25, 0.3) is 0 Å². The number of nitrogens with one attached hydrogen (secondary N) is 2. The zero-order valence-corrected chi connectivity index (χ0v) is 15.2. The highest BCUT2D eigenvalue weighted by Gasteiger charge is 2.42. The number of thiol groups is 1. The van der Waals surface area contributed by atoms with Gasteiger partial charge in [0.1, 0.15) is 6.17 Å². The van der Waals surface area contributed by atoms with Crippen molar-refractivity contribution < 1.29 is 5.11 Å². The lowest BCUT2D eigenvalue weighted by Crippen LogP contribution is -2.56. The molecule has 0 spiro atoms. The van der Waals surface area contributed by atoms with E-state index in [4.69, 9.17) is 17.6 Å². The van der Waals surface area contributed by atoms with Gasteiger partial charge in [0.2, 0.25) is 0 Å². The third-order valence-corrected chi connectivity index (χ3v) is 6.89. The molecule has 2 saturated carbocycles. The van der Waals surface area contributed by atoms with Gasteiger partial charge in [-0.05, 0) is 50.9 Å². The summed E-state index contributed by atoms with van der Waals surface area (Å²) in [4.78, 5) is 4.77. The molecule has 4 nitrogen and oxygen atoms in total. The Morgan fingerprint density at radius 2 is 2.00 bits per heavy atom. The van der Waals surface area contributed by atoms with Crippen LogP contribution in [0.4, 0.5) is 0 Å². The summed E-state index contributed by atoms with van der Waals surface area (Å²) in [6.45, 7) is 2.59. The Labute approximate surface area is 146 Å². The van der Waals surface area contributed by atoms with Gasteiger partial charge in [0, 0.05) is 29.9 Å². The fraction of sp³-hybridized carbons (Fsp3) is 0.944. The lowest BCUT2D eigenvalue weighted by Gasteiger charge is -2.45. The summed E-state index contributed by atoms with van der Waals surface area (Å²) in [6, 6.07) is 1.03. The maximum atomic E-state index is 9.60. The van der Waals surface area contributed by atoms with Gasteiger partial charge < -0.3 is 10.4 Å². The lowest BCUT2D eigenvalue weighted by atomic mass is 9.71. The quantitative estimate of drug-likeness (QED) is 0.596.